The van der Waals surface area contributed by atoms with E-state index in [0.29, 0.717) is 0 Å². The Morgan fingerprint density at radius 1 is 0.783 bits per heavy atom. The van der Waals surface area contributed by atoms with Gasteiger partial charge in [0.1, 0.15) is 0 Å². The lowest BCUT2D eigenvalue weighted by Crippen LogP contribution is -2.22. The van der Waals surface area contributed by atoms with Crippen molar-refractivity contribution >= 4 is 37.6 Å². The number of benzene rings is 2. The van der Waals surface area contributed by atoms with Gasteiger partial charge in [0.2, 0.25) is 0 Å². The Labute approximate surface area is 155 Å². The highest BCUT2D eigenvalue weighted by Crippen LogP contribution is 2.36. The van der Waals surface area contributed by atoms with Crippen LogP contribution in [0.2, 0.25) is 0 Å². The normalized spacial score (nSPS) is 13.7. The number of carbonyl (C=O) groups excluding carboxylic acids is 1. The molecule has 0 saturated heterocycles. The Morgan fingerprint density at radius 3 is 1.70 bits per heavy atom. The van der Waals surface area contributed by atoms with Gasteiger partial charge in [-0.3, -0.25) is 4.79 Å². The number of hydrogen-bond acceptors (Lipinski definition) is 1. The van der Waals surface area contributed by atoms with Crippen LogP contribution in [0.4, 0.5) is 0 Å². The van der Waals surface area contributed by atoms with Crippen molar-refractivity contribution in [3.05, 3.63) is 69.3 Å². The summed E-state index contributed by atoms with van der Waals surface area (Å²) in [5.41, 5.74) is 7.83. The van der Waals surface area contributed by atoms with Gasteiger partial charge >= 0.3 is 0 Å². The molecule has 3 heteroatoms. The minimum Gasteiger partial charge on any atom is -0.293 e. The molecule has 0 saturated carbocycles. The molecule has 1 nitrogen and oxygen atoms in total. The second-order valence-electron chi connectivity index (χ2n) is 6.08. The van der Waals surface area contributed by atoms with Gasteiger partial charge in [-0.25, -0.2) is 0 Å². The van der Waals surface area contributed by atoms with E-state index < -0.39 is 0 Å². The monoisotopic (exact) mass is 436 g/mol. The molecule has 2 rings (SSSR count). The van der Waals surface area contributed by atoms with Gasteiger partial charge in [0.05, 0.1) is 9.65 Å². The lowest BCUT2D eigenvalue weighted by atomic mass is 9.86. The van der Waals surface area contributed by atoms with Crippen molar-refractivity contribution in [3.8, 4) is 0 Å². The summed E-state index contributed by atoms with van der Waals surface area (Å²) >= 11 is 7.30. The summed E-state index contributed by atoms with van der Waals surface area (Å²) in [5, 5.41) is 0. The zero-order valence-electron chi connectivity index (χ0n) is 14.2. The van der Waals surface area contributed by atoms with Gasteiger partial charge < -0.3 is 0 Å². The van der Waals surface area contributed by atoms with Gasteiger partial charge in [-0.05, 0) is 68.0 Å². The maximum Gasteiger partial charge on any atom is 0.178 e. The van der Waals surface area contributed by atoms with Crippen LogP contribution >= 0.6 is 31.9 Å². The lowest BCUT2D eigenvalue weighted by Gasteiger charge is -2.22. The molecule has 0 spiro atoms. The smallest absolute Gasteiger partial charge is 0.178 e. The summed E-state index contributed by atoms with van der Waals surface area (Å²) in [7, 11) is 0. The summed E-state index contributed by atoms with van der Waals surface area (Å²) in [4.78, 5) is 12.8. The first-order chi connectivity index (χ1) is 10.8. The van der Waals surface area contributed by atoms with Gasteiger partial charge in [-0.15, -0.1) is 0 Å². The molecule has 0 amide bonds. The number of carbonyl (C=O) groups is 1. The van der Waals surface area contributed by atoms with Crippen LogP contribution in [0.1, 0.15) is 48.6 Å². The highest BCUT2D eigenvalue weighted by atomic mass is 79.9. The van der Waals surface area contributed by atoms with Crippen LogP contribution in [0, 0.1) is 34.6 Å². The summed E-state index contributed by atoms with van der Waals surface area (Å²) in [5.74, 6) is 0.136. The minimum atomic E-state index is -0.302. The lowest BCUT2D eigenvalue weighted by molar-refractivity contribution is 0.0989. The van der Waals surface area contributed by atoms with Crippen molar-refractivity contribution in [2.75, 3.05) is 0 Å². The summed E-state index contributed by atoms with van der Waals surface area (Å²) in [6.45, 7) is 10.4. The van der Waals surface area contributed by atoms with Gasteiger partial charge in [-0.1, -0.05) is 62.2 Å². The Balaban J connectivity index is 2.45. The minimum absolute atomic E-state index is 0.0584. The largest absolute Gasteiger partial charge is 0.293 e. The van der Waals surface area contributed by atoms with Crippen molar-refractivity contribution in [3.63, 3.8) is 0 Å². The summed E-state index contributed by atoms with van der Waals surface area (Å²) in [6.07, 6.45) is 0. The van der Waals surface area contributed by atoms with Gasteiger partial charge in [0.15, 0.2) is 5.78 Å². The fourth-order valence-electron chi connectivity index (χ4n) is 2.95. The SMILES string of the molecule is Cc1c(C)c(C)c(C(=O)C(Br)C(Br)c2ccccc2)c(C)c1C. The predicted molar refractivity (Wildman–Crippen MR) is 105 cm³/mol. The van der Waals surface area contributed by atoms with Crippen LogP contribution < -0.4 is 0 Å². The first-order valence-corrected chi connectivity index (χ1v) is 9.54. The van der Waals surface area contributed by atoms with Crippen LogP contribution in [0.25, 0.3) is 0 Å². The third kappa shape index (κ3) is 3.46. The molecule has 0 N–H and O–H groups in total. The zero-order chi connectivity index (χ0) is 17.3. The van der Waals surface area contributed by atoms with Crippen LogP contribution in [0.15, 0.2) is 30.3 Å². The molecule has 122 valence electrons. The first-order valence-electron chi connectivity index (χ1n) is 7.71. The fourth-order valence-corrected chi connectivity index (χ4v) is 4.03. The van der Waals surface area contributed by atoms with Crippen molar-refractivity contribution in [2.24, 2.45) is 0 Å². The molecule has 0 bridgehead atoms. The molecular formula is C20H22Br2O. The van der Waals surface area contributed by atoms with E-state index >= 15 is 0 Å². The molecule has 0 aliphatic carbocycles. The second-order valence-corrected chi connectivity index (χ2v) is 8.05. The van der Waals surface area contributed by atoms with E-state index in [9.17, 15) is 4.79 Å². The highest BCUT2D eigenvalue weighted by Gasteiger charge is 2.29. The van der Waals surface area contributed by atoms with Crippen molar-refractivity contribution in [1.29, 1.82) is 0 Å². The Morgan fingerprint density at radius 2 is 1.22 bits per heavy atom. The predicted octanol–water partition coefficient (Wildman–Crippen LogP) is 6.31. The van der Waals surface area contributed by atoms with Gasteiger partial charge in [-0.2, -0.15) is 0 Å². The van der Waals surface area contributed by atoms with Crippen LogP contribution in [-0.4, -0.2) is 10.6 Å². The molecule has 0 aliphatic rings. The van der Waals surface area contributed by atoms with E-state index in [1.165, 1.54) is 16.7 Å². The average Bonchev–Trinajstić information content (AvgIpc) is 2.57. The molecule has 0 aromatic heterocycles. The molecule has 2 aromatic rings. The molecule has 0 radical (unpaired) electrons. The number of halogens is 2. The molecule has 0 fully saturated rings. The van der Waals surface area contributed by atoms with Crippen LogP contribution in [-0.2, 0) is 0 Å². The van der Waals surface area contributed by atoms with E-state index in [0.717, 1.165) is 22.3 Å². The van der Waals surface area contributed by atoms with E-state index in [1.54, 1.807) is 0 Å². The standard InChI is InChI=1S/C20H22Br2O/c1-11-12(2)14(4)17(15(5)13(11)3)20(23)19(22)18(21)16-9-7-6-8-10-16/h6-10,18-19H,1-5H3. The molecule has 0 aliphatic heterocycles. The second kappa shape index (κ2) is 7.31. The molecule has 0 heterocycles. The maximum atomic E-state index is 13.1. The van der Waals surface area contributed by atoms with Crippen LogP contribution in [0.3, 0.4) is 0 Å². The Kier molecular flexibility index (Phi) is 5.85. The van der Waals surface area contributed by atoms with E-state index in [4.69, 9.17) is 0 Å². The Hall–Kier alpha value is -0.930. The number of alkyl halides is 2. The average molecular weight is 438 g/mol. The van der Waals surface area contributed by atoms with Crippen LogP contribution in [0.5, 0.6) is 0 Å². The van der Waals surface area contributed by atoms with E-state index in [2.05, 4.69) is 52.6 Å². The summed E-state index contributed by atoms with van der Waals surface area (Å²) < 4.78 is 0. The third-order valence-corrected chi connectivity index (χ3v) is 7.58. The van der Waals surface area contributed by atoms with Crippen molar-refractivity contribution < 1.29 is 4.79 Å². The van der Waals surface area contributed by atoms with Gasteiger partial charge in [0.25, 0.3) is 0 Å². The quantitative estimate of drug-likeness (QED) is 0.404. The molecular weight excluding hydrogens is 416 g/mol. The number of Topliss-reactive ketones (excluding diaryl/α,β-unsaturated/α-hetero) is 1. The topological polar surface area (TPSA) is 17.1 Å². The van der Waals surface area contributed by atoms with Crippen molar-refractivity contribution in [2.45, 2.75) is 44.3 Å². The van der Waals surface area contributed by atoms with E-state index in [1.807, 2.05) is 44.2 Å². The summed E-state index contributed by atoms with van der Waals surface area (Å²) in [6, 6.07) is 10.0. The molecule has 2 atom stereocenters. The van der Waals surface area contributed by atoms with Gasteiger partial charge in [0, 0.05) is 5.56 Å². The molecule has 2 unspecified atom stereocenters. The number of hydrogen-bond donors (Lipinski definition) is 0. The van der Waals surface area contributed by atoms with E-state index in [-0.39, 0.29) is 15.4 Å². The van der Waals surface area contributed by atoms with Crippen molar-refractivity contribution in [1.82, 2.24) is 0 Å². The maximum absolute atomic E-state index is 13.1. The number of rotatable bonds is 4. The highest BCUT2D eigenvalue weighted by molar-refractivity contribution is 9.12. The fraction of sp³-hybridized carbons (Fsp3) is 0.350. The molecule has 23 heavy (non-hydrogen) atoms. The number of ketones is 1. The molecule has 2 aromatic carbocycles. The Bertz CT molecular complexity index is 706. The third-order valence-electron chi connectivity index (χ3n) is 4.87. The first kappa shape index (κ1) is 18.4. The zero-order valence-corrected chi connectivity index (χ0v) is 17.4.